The molecule has 5 nitrogen and oxygen atoms in total. The van der Waals surface area contributed by atoms with Gasteiger partial charge in [-0.05, 0) is 48.5 Å². The largest absolute Gasteiger partial charge is 0.362 e. The van der Waals surface area contributed by atoms with Gasteiger partial charge in [-0.1, -0.05) is 35.4 Å². The molecule has 0 amide bonds. The first-order chi connectivity index (χ1) is 10.7. The maximum absolute atomic E-state index is 4.04. The van der Waals surface area contributed by atoms with Crippen molar-refractivity contribution in [1.82, 2.24) is 20.2 Å². The third-order valence-corrected chi connectivity index (χ3v) is 3.31. The van der Waals surface area contributed by atoms with Crippen LogP contribution in [0.3, 0.4) is 0 Å². The zero-order chi connectivity index (χ0) is 15.4. The fourth-order valence-corrected chi connectivity index (χ4v) is 2.03. The van der Waals surface area contributed by atoms with Crippen LogP contribution in [0, 0.1) is 13.8 Å². The summed E-state index contributed by atoms with van der Waals surface area (Å²) in [7, 11) is 0. The van der Waals surface area contributed by atoms with Crippen molar-refractivity contribution < 1.29 is 0 Å². The highest BCUT2D eigenvalue weighted by Crippen LogP contribution is 2.11. The van der Waals surface area contributed by atoms with E-state index in [-0.39, 0.29) is 0 Å². The smallest absolute Gasteiger partial charge is 0.181 e. The summed E-state index contributed by atoms with van der Waals surface area (Å²) in [5.41, 5.74) is 4.40. The lowest BCUT2D eigenvalue weighted by atomic mass is 10.2. The molecule has 0 saturated heterocycles. The van der Waals surface area contributed by atoms with Gasteiger partial charge < -0.3 is 5.32 Å². The predicted molar refractivity (Wildman–Crippen MR) is 87.7 cm³/mol. The number of nitrogens with zero attached hydrogens (tertiary/aromatic N) is 4. The van der Waals surface area contributed by atoms with Crippen molar-refractivity contribution in [3.05, 3.63) is 71.7 Å². The standard InChI is InChI=1S/C17H17N5/c1-13-3-7-15(8-4-13)18-12-11-17-19-20-21-22(17)16-9-5-14(2)6-10-16/h3-12,18H,1-2H3. The molecule has 0 fully saturated rings. The molecule has 0 spiro atoms. The molecule has 0 aliphatic heterocycles. The van der Waals surface area contributed by atoms with E-state index >= 15 is 0 Å². The molecule has 22 heavy (non-hydrogen) atoms. The molecule has 0 radical (unpaired) electrons. The molecule has 0 atom stereocenters. The van der Waals surface area contributed by atoms with E-state index in [0.29, 0.717) is 5.82 Å². The van der Waals surface area contributed by atoms with Gasteiger partial charge in [-0.15, -0.1) is 5.10 Å². The molecule has 1 N–H and O–H groups in total. The highest BCUT2D eigenvalue weighted by atomic mass is 15.5. The Balaban J connectivity index is 1.76. The van der Waals surface area contributed by atoms with Crippen molar-refractivity contribution in [2.45, 2.75) is 13.8 Å². The van der Waals surface area contributed by atoms with Gasteiger partial charge in [0.2, 0.25) is 0 Å². The number of anilines is 1. The molecule has 5 heteroatoms. The number of tetrazole rings is 1. The maximum Gasteiger partial charge on any atom is 0.181 e. The Morgan fingerprint density at radius 3 is 2.23 bits per heavy atom. The van der Waals surface area contributed by atoms with Crippen molar-refractivity contribution in [3.63, 3.8) is 0 Å². The van der Waals surface area contributed by atoms with E-state index in [1.165, 1.54) is 11.1 Å². The van der Waals surface area contributed by atoms with Crippen LogP contribution in [0.1, 0.15) is 17.0 Å². The van der Waals surface area contributed by atoms with Gasteiger partial charge in [0, 0.05) is 18.0 Å². The Morgan fingerprint density at radius 2 is 1.55 bits per heavy atom. The van der Waals surface area contributed by atoms with Crippen LogP contribution >= 0.6 is 0 Å². The molecule has 1 aromatic heterocycles. The summed E-state index contributed by atoms with van der Waals surface area (Å²) in [4.78, 5) is 0. The first kappa shape index (κ1) is 14.0. The maximum atomic E-state index is 4.04. The summed E-state index contributed by atoms with van der Waals surface area (Å²) < 4.78 is 1.70. The minimum absolute atomic E-state index is 0.670. The molecule has 0 unspecified atom stereocenters. The summed E-state index contributed by atoms with van der Waals surface area (Å²) in [6, 6.07) is 16.3. The molecule has 2 aromatic carbocycles. The zero-order valence-electron chi connectivity index (χ0n) is 12.6. The Kier molecular flexibility index (Phi) is 3.96. The average molecular weight is 291 g/mol. The van der Waals surface area contributed by atoms with E-state index < -0.39 is 0 Å². The summed E-state index contributed by atoms with van der Waals surface area (Å²) in [5.74, 6) is 0.670. The minimum atomic E-state index is 0.670. The molecule has 1 heterocycles. The van der Waals surface area contributed by atoms with Crippen molar-refractivity contribution >= 4 is 11.8 Å². The minimum Gasteiger partial charge on any atom is -0.362 e. The van der Waals surface area contributed by atoms with Gasteiger partial charge in [0.05, 0.1) is 5.69 Å². The lowest BCUT2D eigenvalue weighted by Crippen LogP contribution is -2.00. The number of nitrogens with one attached hydrogen (secondary N) is 1. The van der Waals surface area contributed by atoms with Crippen LogP contribution in [0.25, 0.3) is 11.8 Å². The van der Waals surface area contributed by atoms with E-state index in [0.717, 1.165) is 11.4 Å². The fraction of sp³-hybridized carbons (Fsp3) is 0.118. The number of hydrogen-bond acceptors (Lipinski definition) is 4. The number of aromatic nitrogens is 4. The molecular weight excluding hydrogens is 274 g/mol. The molecule has 0 aliphatic carbocycles. The molecular formula is C17H17N5. The Morgan fingerprint density at radius 1 is 0.909 bits per heavy atom. The highest BCUT2D eigenvalue weighted by Gasteiger charge is 2.04. The quantitative estimate of drug-likeness (QED) is 0.801. The van der Waals surface area contributed by atoms with Gasteiger partial charge in [0.15, 0.2) is 5.82 Å². The second-order valence-corrected chi connectivity index (χ2v) is 5.13. The van der Waals surface area contributed by atoms with Crippen LogP contribution in [0.4, 0.5) is 5.69 Å². The van der Waals surface area contributed by atoms with Gasteiger partial charge in [-0.3, -0.25) is 0 Å². The highest BCUT2D eigenvalue weighted by molar-refractivity contribution is 5.53. The van der Waals surface area contributed by atoms with Gasteiger partial charge in [0.25, 0.3) is 0 Å². The summed E-state index contributed by atoms with van der Waals surface area (Å²) in [6.07, 6.45) is 3.68. The first-order valence-electron chi connectivity index (χ1n) is 7.07. The van der Waals surface area contributed by atoms with E-state index in [1.54, 1.807) is 4.68 Å². The van der Waals surface area contributed by atoms with E-state index in [1.807, 2.05) is 48.7 Å². The summed E-state index contributed by atoms with van der Waals surface area (Å²) in [5, 5.41) is 15.0. The number of hydrogen-bond donors (Lipinski definition) is 1. The van der Waals surface area contributed by atoms with Crippen molar-refractivity contribution in [2.75, 3.05) is 5.32 Å². The predicted octanol–water partition coefficient (Wildman–Crippen LogP) is 3.36. The van der Waals surface area contributed by atoms with Crippen LogP contribution in [0.2, 0.25) is 0 Å². The Labute approximate surface area is 129 Å². The van der Waals surface area contributed by atoms with Crippen molar-refractivity contribution in [3.8, 4) is 5.69 Å². The molecule has 3 rings (SSSR count). The molecule has 110 valence electrons. The fourth-order valence-electron chi connectivity index (χ4n) is 2.03. The van der Waals surface area contributed by atoms with E-state index in [2.05, 4.69) is 46.8 Å². The number of rotatable bonds is 4. The molecule has 0 aliphatic rings. The molecule has 0 saturated carbocycles. The van der Waals surface area contributed by atoms with Crippen LogP contribution < -0.4 is 5.32 Å². The van der Waals surface area contributed by atoms with Gasteiger partial charge in [-0.25, -0.2) is 0 Å². The van der Waals surface area contributed by atoms with Crippen LogP contribution in [0.15, 0.2) is 54.7 Å². The van der Waals surface area contributed by atoms with E-state index in [9.17, 15) is 0 Å². The van der Waals surface area contributed by atoms with Gasteiger partial charge in [0.1, 0.15) is 0 Å². The monoisotopic (exact) mass is 291 g/mol. The van der Waals surface area contributed by atoms with Crippen LogP contribution in [-0.2, 0) is 0 Å². The topological polar surface area (TPSA) is 55.6 Å². The Hall–Kier alpha value is -2.95. The zero-order valence-corrected chi connectivity index (χ0v) is 12.6. The third kappa shape index (κ3) is 3.20. The number of benzene rings is 2. The van der Waals surface area contributed by atoms with E-state index in [4.69, 9.17) is 0 Å². The van der Waals surface area contributed by atoms with Crippen molar-refractivity contribution in [1.29, 1.82) is 0 Å². The Bertz CT molecular complexity index is 770. The lowest BCUT2D eigenvalue weighted by Gasteiger charge is -2.03. The summed E-state index contributed by atoms with van der Waals surface area (Å²) in [6.45, 7) is 4.12. The first-order valence-corrected chi connectivity index (χ1v) is 7.07. The molecule has 0 bridgehead atoms. The van der Waals surface area contributed by atoms with Gasteiger partial charge in [-0.2, -0.15) is 4.68 Å². The second-order valence-electron chi connectivity index (χ2n) is 5.13. The van der Waals surface area contributed by atoms with Crippen LogP contribution in [-0.4, -0.2) is 20.2 Å². The van der Waals surface area contributed by atoms with Crippen molar-refractivity contribution in [2.24, 2.45) is 0 Å². The van der Waals surface area contributed by atoms with Crippen LogP contribution in [0.5, 0.6) is 0 Å². The normalized spacial score (nSPS) is 11.0. The summed E-state index contributed by atoms with van der Waals surface area (Å²) >= 11 is 0. The second kappa shape index (κ2) is 6.22. The molecule has 3 aromatic rings. The SMILES string of the molecule is Cc1ccc(NC=Cc2nnnn2-c2ccc(C)cc2)cc1. The van der Waals surface area contributed by atoms with Gasteiger partial charge >= 0.3 is 0 Å². The number of aryl methyl sites for hydroxylation is 2. The lowest BCUT2D eigenvalue weighted by molar-refractivity contribution is 0.786. The average Bonchev–Trinajstić information content (AvgIpc) is 2.98. The third-order valence-electron chi connectivity index (χ3n) is 3.31.